The van der Waals surface area contributed by atoms with Gasteiger partial charge in [0.2, 0.25) is 5.91 Å². The van der Waals surface area contributed by atoms with Crippen molar-refractivity contribution < 1.29 is 14.0 Å². The van der Waals surface area contributed by atoms with Gasteiger partial charge in [0.05, 0.1) is 11.6 Å². The maximum atomic E-state index is 13.0. The smallest absolute Gasteiger partial charge is 0.273 e. The topological polar surface area (TPSA) is 89.4 Å². The van der Waals surface area contributed by atoms with E-state index in [0.717, 1.165) is 30.8 Å². The maximum absolute atomic E-state index is 13.0. The van der Waals surface area contributed by atoms with Crippen LogP contribution in [0, 0.1) is 5.92 Å². The SMILES string of the molecule is CCc1ccc([C@H]2C[C@@H](C)CCN2C(=O)c2ccc(C(N)=O)cn2)o1. The highest BCUT2D eigenvalue weighted by molar-refractivity contribution is 5.95. The van der Waals surface area contributed by atoms with Crippen molar-refractivity contribution in [3.8, 4) is 0 Å². The monoisotopic (exact) mass is 341 g/mol. The molecule has 2 amide bonds. The van der Waals surface area contributed by atoms with Gasteiger partial charge in [-0.05, 0) is 43.0 Å². The van der Waals surface area contributed by atoms with E-state index in [1.54, 1.807) is 6.07 Å². The first-order chi connectivity index (χ1) is 12.0. The molecule has 2 aromatic heterocycles. The van der Waals surface area contributed by atoms with Crippen molar-refractivity contribution in [1.82, 2.24) is 9.88 Å². The van der Waals surface area contributed by atoms with Crippen LogP contribution in [0.2, 0.25) is 0 Å². The van der Waals surface area contributed by atoms with Gasteiger partial charge in [0.1, 0.15) is 17.2 Å². The number of carbonyl (C=O) groups excluding carboxylic acids is 2. The molecule has 6 nitrogen and oxygen atoms in total. The molecule has 0 spiro atoms. The Hall–Kier alpha value is -2.63. The fourth-order valence-corrected chi connectivity index (χ4v) is 3.23. The first-order valence-corrected chi connectivity index (χ1v) is 8.65. The molecular weight excluding hydrogens is 318 g/mol. The molecule has 6 heteroatoms. The van der Waals surface area contributed by atoms with E-state index in [4.69, 9.17) is 10.2 Å². The number of hydrogen-bond acceptors (Lipinski definition) is 4. The summed E-state index contributed by atoms with van der Waals surface area (Å²) in [7, 11) is 0. The van der Waals surface area contributed by atoms with Crippen LogP contribution >= 0.6 is 0 Å². The third-order valence-corrected chi connectivity index (χ3v) is 4.75. The third-order valence-electron chi connectivity index (χ3n) is 4.75. The fourth-order valence-electron chi connectivity index (χ4n) is 3.23. The van der Waals surface area contributed by atoms with Crippen LogP contribution in [0.1, 0.15) is 65.1 Å². The molecule has 2 atom stereocenters. The summed E-state index contributed by atoms with van der Waals surface area (Å²) in [5.74, 6) is 1.56. The molecule has 0 aromatic carbocycles. The van der Waals surface area contributed by atoms with Crippen LogP contribution in [0.25, 0.3) is 0 Å². The number of piperidine rings is 1. The molecular formula is C19H23N3O3. The van der Waals surface area contributed by atoms with Crippen molar-refractivity contribution >= 4 is 11.8 Å². The van der Waals surface area contributed by atoms with E-state index >= 15 is 0 Å². The second-order valence-electron chi connectivity index (χ2n) is 6.60. The van der Waals surface area contributed by atoms with Crippen molar-refractivity contribution in [3.63, 3.8) is 0 Å². The predicted molar refractivity (Wildman–Crippen MR) is 93.0 cm³/mol. The Morgan fingerprint density at radius 2 is 2.12 bits per heavy atom. The van der Waals surface area contributed by atoms with Gasteiger partial charge in [-0.1, -0.05) is 13.8 Å². The fraction of sp³-hybridized carbons (Fsp3) is 0.421. The van der Waals surface area contributed by atoms with Gasteiger partial charge in [-0.15, -0.1) is 0 Å². The van der Waals surface area contributed by atoms with Crippen molar-refractivity contribution in [2.75, 3.05) is 6.54 Å². The Morgan fingerprint density at radius 3 is 2.72 bits per heavy atom. The lowest BCUT2D eigenvalue weighted by atomic mass is 9.91. The predicted octanol–water partition coefficient (Wildman–Crippen LogP) is 2.95. The first kappa shape index (κ1) is 17.2. The normalized spacial score (nSPS) is 20.5. The molecule has 2 N–H and O–H groups in total. The number of carbonyl (C=O) groups is 2. The number of primary amides is 1. The van der Waals surface area contributed by atoms with Gasteiger partial charge in [0.25, 0.3) is 5.91 Å². The van der Waals surface area contributed by atoms with Crippen LogP contribution in [0.3, 0.4) is 0 Å². The molecule has 1 aliphatic rings. The van der Waals surface area contributed by atoms with Crippen molar-refractivity contribution in [1.29, 1.82) is 0 Å². The van der Waals surface area contributed by atoms with Crippen molar-refractivity contribution in [2.24, 2.45) is 11.7 Å². The molecule has 0 saturated carbocycles. The van der Waals surface area contributed by atoms with Crippen LogP contribution < -0.4 is 5.73 Å². The van der Waals surface area contributed by atoms with Gasteiger partial charge in [-0.2, -0.15) is 0 Å². The quantitative estimate of drug-likeness (QED) is 0.926. The molecule has 132 valence electrons. The summed E-state index contributed by atoms with van der Waals surface area (Å²) < 4.78 is 5.91. The molecule has 3 heterocycles. The van der Waals surface area contributed by atoms with Gasteiger partial charge in [-0.25, -0.2) is 0 Å². The molecule has 0 aliphatic carbocycles. The van der Waals surface area contributed by atoms with Gasteiger partial charge in [-0.3, -0.25) is 14.6 Å². The minimum atomic E-state index is -0.557. The Bertz CT molecular complexity index is 766. The summed E-state index contributed by atoms with van der Waals surface area (Å²) >= 11 is 0. The van der Waals surface area contributed by atoms with Crippen molar-refractivity contribution in [3.05, 3.63) is 53.2 Å². The summed E-state index contributed by atoms with van der Waals surface area (Å²) in [5.41, 5.74) is 5.83. The van der Waals surface area contributed by atoms with Crippen LogP contribution in [0.5, 0.6) is 0 Å². The lowest BCUT2D eigenvalue weighted by Gasteiger charge is -2.37. The molecule has 0 radical (unpaired) electrons. The van der Waals surface area contributed by atoms with Gasteiger partial charge >= 0.3 is 0 Å². The minimum absolute atomic E-state index is 0.0887. The Kier molecular flexibility index (Phi) is 4.88. The number of hydrogen-bond donors (Lipinski definition) is 1. The molecule has 1 saturated heterocycles. The number of amides is 2. The standard InChI is InChI=1S/C19H23N3O3/c1-3-14-5-7-17(25-14)16-10-12(2)8-9-22(16)19(24)15-6-4-13(11-21-15)18(20)23/h4-7,11-12,16H,3,8-10H2,1-2H3,(H2,20,23)/t12-,16+/m0/s1. The molecule has 0 unspecified atom stereocenters. The molecule has 25 heavy (non-hydrogen) atoms. The molecule has 3 rings (SSSR count). The highest BCUT2D eigenvalue weighted by atomic mass is 16.3. The van der Waals surface area contributed by atoms with E-state index in [-0.39, 0.29) is 11.9 Å². The molecule has 0 bridgehead atoms. The number of aryl methyl sites for hydroxylation is 1. The number of furan rings is 1. The Labute approximate surface area is 147 Å². The highest BCUT2D eigenvalue weighted by Crippen LogP contribution is 2.35. The molecule has 2 aromatic rings. The maximum Gasteiger partial charge on any atom is 0.273 e. The van der Waals surface area contributed by atoms with E-state index in [9.17, 15) is 9.59 Å². The average Bonchev–Trinajstić information content (AvgIpc) is 3.10. The van der Waals surface area contributed by atoms with Gasteiger partial charge in [0, 0.05) is 19.2 Å². The third kappa shape index (κ3) is 3.57. The number of aromatic nitrogens is 1. The van der Waals surface area contributed by atoms with Crippen LogP contribution in [0.15, 0.2) is 34.9 Å². The summed E-state index contributed by atoms with van der Waals surface area (Å²) in [6.07, 6.45) is 3.98. The highest BCUT2D eigenvalue weighted by Gasteiger charge is 2.34. The number of likely N-dealkylation sites (tertiary alicyclic amines) is 1. The second kappa shape index (κ2) is 7.09. The zero-order valence-corrected chi connectivity index (χ0v) is 14.6. The van der Waals surface area contributed by atoms with E-state index in [1.165, 1.54) is 12.3 Å². The van der Waals surface area contributed by atoms with Gasteiger partial charge in [0.15, 0.2) is 0 Å². The molecule has 1 aliphatic heterocycles. The summed E-state index contributed by atoms with van der Waals surface area (Å²) in [6, 6.07) is 6.93. The Balaban J connectivity index is 1.86. The lowest BCUT2D eigenvalue weighted by molar-refractivity contribution is 0.0512. The van der Waals surface area contributed by atoms with E-state index in [1.807, 2.05) is 24.0 Å². The largest absolute Gasteiger partial charge is 0.464 e. The zero-order chi connectivity index (χ0) is 18.0. The van der Waals surface area contributed by atoms with E-state index in [2.05, 4.69) is 11.9 Å². The number of pyridine rings is 1. The first-order valence-electron chi connectivity index (χ1n) is 8.65. The second-order valence-corrected chi connectivity index (χ2v) is 6.60. The number of nitrogens with zero attached hydrogens (tertiary/aromatic N) is 2. The van der Waals surface area contributed by atoms with E-state index in [0.29, 0.717) is 23.7 Å². The van der Waals surface area contributed by atoms with Gasteiger partial charge < -0.3 is 15.1 Å². The zero-order valence-electron chi connectivity index (χ0n) is 14.6. The number of nitrogens with two attached hydrogens (primary N) is 1. The van der Waals surface area contributed by atoms with Crippen molar-refractivity contribution in [2.45, 2.75) is 39.2 Å². The lowest BCUT2D eigenvalue weighted by Crippen LogP contribution is -2.40. The molecule has 1 fully saturated rings. The summed E-state index contributed by atoms with van der Waals surface area (Å²) in [6.45, 7) is 4.89. The summed E-state index contributed by atoms with van der Waals surface area (Å²) in [5, 5.41) is 0. The van der Waals surface area contributed by atoms with Crippen LogP contribution in [-0.4, -0.2) is 28.2 Å². The Morgan fingerprint density at radius 1 is 1.32 bits per heavy atom. The minimum Gasteiger partial charge on any atom is -0.464 e. The number of rotatable bonds is 4. The van der Waals surface area contributed by atoms with Crippen LogP contribution in [0.4, 0.5) is 0 Å². The summed E-state index contributed by atoms with van der Waals surface area (Å²) in [4.78, 5) is 30.1. The van der Waals surface area contributed by atoms with Crippen LogP contribution in [-0.2, 0) is 6.42 Å². The average molecular weight is 341 g/mol. The van der Waals surface area contributed by atoms with E-state index < -0.39 is 5.91 Å².